The number of anilines is 2. The second-order valence-electron chi connectivity index (χ2n) is 9.02. The highest BCUT2D eigenvalue weighted by molar-refractivity contribution is 9.10. The zero-order chi connectivity index (χ0) is 22.4. The Morgan fingerprint density at radius 2 is 1.87 bits per heavy atom. The minimum Gasteiger partial charge on any atom is -0.353 e. The lowest BCUT2D eigenvalue weighted by Crippen LogP contribution is -2.47. The molecule has 0 saturated carbocycles. The number of hydrogen-bond donors (Lipinski definition) is 0. The standard InChI is InChI=1S/C23H28BrCl2N5/c1-12(2)19-20(14(4)8-18(24)28-19)31-11-27-22(30-10-13(3)6-7-15(30)5)16-9-17(25)21(26)29-23(16)31/h8-9,12-13,15H,6-7,10-11H2,1-5H3/t13-,15-/m0/s1. The van der Waals surface area contributed by atoms with Gasteiger partial charge in [0.15, 0.2) is 0 Å². The Bertz CT molecular complexity index is 1040. The van der Waals surface area contributed by atoms with Gasteiger partial charge in [0.05, 0.1) is 22.0 Å². The fraction of sp³-hybridized carbons (Fsp3) is 0.522. The number of aromatic nitrogens is 2. The van der Waals surface area contributed by atoms with Crippen LogP contribution in [0.1, 0.15) is 63.3 Å². The molecule has 0 bridgehead atoms. The number of hydrogen-bond acceptors (Lipinski definition) is 5. The second kappa shape index (κ2) is 8.87. The van der Waals surface area contributed by atoms with Crippen molar-refractivity contribution in [2.24, 2.45) is 10.9 Å². The van der Waals surface area contributed by atoms with Gasteiger partial charge in [0, 0.05) is 12.6 Å². The molecule has 0 unspecified atom stereocenters. The van der Waals surface area contributed by atoms with Crippen molar-refractivity contribution in [2.75, 3.05) is 18.1 Å². The van der Waals surface area contributed by atoms with Gasteiger partial charge in [-0.1, -0.05) is 44.0 Å². The van der Waals surface area contributed by atoms with E-state index in [2.05, 4.69) is 60.3 Å². The second-order valence-corrected chi connectivity index (χ2v) is 10.6. The van der Waals surface area contributed by atoms with Crippen LogP contribution in [0.15, 0.2) is 21.7 Å². The molecule has 0 amide bonds. The van der Waals surface area contributed by atoms with E-state index in [4.69, 9.17) is 38.2 Å². The van der Waals surface area contributed by atoms with Gasteiger partial charge in [-0.3, -0.25) is 0 Å². The molecular formula is C23H28BrCl2N5. The van der Waals surface area contributed by atoms with Crippen molar-refractivity contribution in [1.82, 2.24) is 14.9 Å². The molecule has 2 aliphatic heterocycles. The van der Waals surface area contributed by atoms with Crippen LogP contribution in [0.5, 0.6) is 0 Å². The lowest BCUT2D eigenvalue weighted by atomic mass is 9.94. The van der Waals surface area contributed by atoms with Crippen LogP contribution >= 0.6 is 39.1 Å². The van der Waals surface area contributed by atoms with Crippen molar-refractivity contribution in [1.29, 1.82) is 0 Å². The van der Waals surface area contributed by atoms with Crippen LogP contribution in [0, 0.1) is 12.8 Å². The number of nitrogens with zero attached hydrogens (tertiary/aromatic N) is 5. The molecular weight excluding hydrogens is 497 g/mol. The third-order valence-corrected chi connectivity index (χ3v) is 7.24. The van der Waals surface area contributed by atoms with Crippen LogP contribution in [0.2, 0.25) is 10.2 Å². The first-order valence-electron chi connectivity index (χ1n) is 10.8. The maximum atomic E-state index is 6.44. The van der Waals surface area contributed by atoms with Crippen LogP contribution < -0.4 is 4.90 Å². The van der Waals surface area contributed by atoms with E-state index < -0.39 is 0 Å². The van der Waals surface area contributed by atoms with Crippen molar-refractivity contribution >= 4 is 56.5 Å². The minimum absolute atomic E-state index is 0.241. The van der Waals surface area contributed by atoms with Crippen LogP contribution in [0.4, 0.5) is 11.5 Å². The molecule has 1 saturated heterocycles. The predicted octanol–water partition coefficient (Wildman–Crippen LogP) is 6.95. The highest BCUT2D eigenvalue weighted by atomic mass is 79.9. The molecule has 166 valence electrons. The number of pyridine rings is 2. The molecule has 2 aliphatic rings. The van der Waals surface area contributed by atoms with Crippen LogP contribution in [-0.4, -0.2) is 40.0 Å². The van der Waals surface area contributed by atoms with E-state index in [1.165, 1.54) is 6.42 Å². The van der Waals surface area contributed by atoms with Crippen LogP contribution in [-0.2, 0) is 0 Å². The van der Waals surface area contributed by atoms with Crippen LogP contribution in [0.3, 0.4) is 0 Å². The monoisotopic (exact) mass is 523 g/mol. The smallest absolute Gasteiger partial charge is 0.150 e. The fourth-order valence-corrected chi connectivity index (χ4v) is 5.35. The third-order valence-electron chi connectivity index (χ3n) is 6.16. The number of likely N-dealkylation sites (tertiary alicyclic amines) is 1. The summed E-state index contributed by atoms with van der Waals surface area (Å²) < 4.78 is 0.831. The average molecular weight is 525 g/mol. The van der Waals surface area contributed by atoms with E-state index in [0.29, 0.717) is 28.8 Å². The van der Waals surface area contributed by atoms with Crippen molar-refractivity contribution < 1.29 is 0 Å². The Morgan fingerprint density at radius 1 is 1.13 bits per heavy atom. The summed E-state index contributed by atoms with van der Waals surface area (Å²) in [5.74, 6) is 2.62. The zero-order valence-corrected chi connectivity index (χ0v) is 21.7. The zero-order valence-electron chi connectivity index (χ0n) is 18.6. The average Bonchev–Trinajstić information content (AvgIpc) is 2.70. The van der Waals surface area contributed by atoms with Gasteiger partial charge in [0.2, 0.25) is 0 Å². The minimum atomic E-state index is 0.241. The molecule has 2 aromatic heterocycles. The third kappa shape index (κ3) is 4.31. The lowest BCUT2D eigenvalue weighted by molar-refractivity contribution is 0.207. The van der Waals surface area contributed by atoms with Gasteiger partial charge in [-0.05, 0) is 72.2 Å². The van der Waals surface area contributed by atoms with Gasteiger partial charge < -0.3 is 9.80 Å². The quantitative estimate of drug-likeness (QED) is 0.398. The van der Waals surface area contributed by atoms with Gasteiger partial charge in [-0.2, -0.15) is 0 Å². The summed E-state index contributed by atoms with van der Waals surface area (Å²) in [6.45, 7) is 12.4. The largest absolute Gasteiger partial charge is 0.353 e. The molecule has 0 radical (unpaired) electrons. The maximum Gasteiger partial charge on any atom is 0.150 e. The summed E-state index contributed by atoms with van der Waals surface area (Å²) in [6.07, 6.45) is 2.40. The Balaban J connectivity index is 1.88. The summed E-state index contributed by atoms with van der Waals surface area (Å²) in [6, 6.07) is 4.37. The molecule has 8 heteroatoms. The summed E-state index contributed by atoms with van der Waals surface area (Å²) in [4.78, 5) is 19.1. The Hall–Kier alpha value is -1.37. The van der Waals surface area contributed by atoms with Crippen molar-refractivity contribution in [3.63, 3.8) is 0 Å². The van der Waals surface area contributed by atoms with Crippen molar-refractivity contribution in [3.05, 3.63) is 43.7 Å². The molecule has 0 spiro atoms. The molecule has 2 atom stereocenters. The van der Waals surface area contributed by atoms with E-state index in [-0.39, 0.29) is 5.92 Å². The molecule has 2 aromatic rings. The molecule has 31 heavy (non-hydrogen) atoms. The molecule has 0 aliphatic carbocycles. The molecule has 0 aromatic carbocycles. The number of fused-ring (bicyclic) bond motifs is 1. The van der Waals surface area contributed by atoms with Crippen molar-refractivity contribution in [3.8, 4) is 0 Å². The first kappa shape index (κ1) is 22.8. The van der Waals surface area contributed by atoms with Gasteiger partial charge in [-0.15, -0.1) is 0 Å². The van der Waals surface area contributed by atoms with Gasteiger partial charge >= 0.3 is 0 Å². The summed E-state index contributed by atoms with van der Waals surface area (Å²) in [5.41, 5.74) is 4.08. The number of halogens is 3. The van der Waals surface area contributed by atoms with E-state index in [0.717, 1.165) is 51.7 Å². The Morgan fingerprint density at radius 3 is 2.58 bits per heavy atom. The molecule has 0 N–H and O–H groups in total. The highest BCUT2D eigenvalue weighted by Gasteiger charge is 2.34. The van der Waals surface area contributed by atoms with Gasteiger partial charge in [0.25, 0.3) is 0 Å². The molecule has 4 heterocycles. The van der Waals surface area contributed by atoms with Gasteiger partial charge in [0.1, 0.15) is 28.1 Å². The highest BCUT2D eigenvalue weighted by Crippen LogP contribution is 2.41. The predicted molar refractivity (Wildman–Crippen MR) is 133 cm³/mol. The van der Waals surface area contributed by atoms with E-state index >= 15 is 0 Å². The van der Waals surface area contributed by atoms with Crippen LogP contribution in [0.25, 0.3) is 0 Å². The topological polar surface area (TPSA) is 44.6 Å². The van der Waals surface area contributed by atoms with Crippen molar-refractivity contribution in [2.45, 2.75) is 59.4 Å². The van der Waals surface area contributed by atoms with E-state index in [1.807, 2.05) is 12.1 Å². The number of piperidine rings is 1. The maximum absolute atomic E-state index is 6.44. The first-order valence-corrected chi connectivity index (χ1v) is 12.3. The number of amidine groups is 1. The molecule has 4 rings (SSSR count). The van der Waals surface area contributed by atoms with E-state index in [1.54, 1.807) is 0 Å². The Labute approximate surface area is 203 Å². The summed E-state index contributed by atoms with van der Waals surface area (Å²) >= 11 is 16.4. The Kier molecular flexibility index (Phi) is 6.53. The summed E-state index contributed by atoms with van der Waals surface area (Å²) in [5, 5.41) is 0.753. The summed E-state index contributed by atoms with van der Waals surface area (Å²) in [7, 11) is 0. The van der Waals surface area contributed by atoms with E-state index in [9.17, 15) is 0 Å². The molecule has 1 fully saturated rings. The lowest BCUT2D eigenvalue weighted by Gasteiger charge is -2.42. The SMILES string of the molecule is Cc1cc(Br)nc(C(C)C)c1N1CN=C(N2C[C@@H](C)CC[C@@H]2C)c2cc(Cl)c(Cl)nc21. The molecule has 5 nitrogen and oxygen atoms in total. The number of aliphatic imine (C=N–C) groups is 1. The fourth-order valence-electron chi connectivity index (χ4n) is 4.53. The van der Waals surface area contributed by atoms with Gasteiger partial charge in [-0.25, -0.2) is 15.0 Å². The first-order chi connectivity index (χ1) is 14.7. The number of aryl methyl sites for hydroxylation is 1. The number of rotatable bonds is 2. The normalized spacial score (nSPS) is 21.4.